The monoisotopic (exact) mass is 423 g/mol. The number of hydrogen-bond acceptors (Lipinski definition) is 6. The number of anilines is 1. The Morgan fingerprint density at radius 2 is 1.96 bits per heavy atom. The first-order valence-corrected chi connectivity index (χ1v) is 11.0. The molecule has 0 fully saturated rings. The van der Waals surface area contributed by atoms with Crippen molar-refractivity contribution in [2.24, 2.45) is 0 Å². The second-order valence-electron chi connectivity index (χ2n) is 6.23. The number of nitrogens with zero attached hydrogens (tertiary/aromatic N) is 1. The molecule has 152 valence electrons. The first-order valence-electron chi connectivity index (χ1n) is 8.72. The molecule has 2 heterocycles. The van der Waals surface area contributed by atoms with Gasteiger partial charge in [0.2, 0.25) is 11.0 Å². The maximum Gasteiger partial charge on any atom is 0.274 e. The van der Waals surface area contributed by atoms with Crippen LogP contribution in [0.4, 0.5) is 5.13 Å². The average molecular weight is 424 g/mol. The molecule has 2 N–H and O–H groups in total. The minimum absolute atomic E-state index is 0. The fourth-order valence-electron chi connectivity index (χ4n) is 2.73. The third-order valence-electron chi connectivity index (χ3n) is 4.06. The molecule has 7 nitrogen and oxygen atoms in total. The Morgan fingerprint density at radius 1 is 1.25 bits per heavy atom. The molecule has 1 aromatic carbocycles. The van der Waals surface area contributed by atoms with E-state index < -0.39 is 10.0 Å². The van der Waals surface area contributed by atoms with Gasteiger partial charge >= 0.3 is 0 Å². The minimum atomic E-state index is -3.83. The highest BCUT2D eigenvalue weighted by molar-refractivity contribution is 7.89. The SMILES string of the molecule is CC[C@@H](NS(=O)(=O)c1ccc(-c2sc(NC(C)=O)nc2C)o1)c1ccccc1.[HH].[HH]. The minimum Gasteiger partial charge on any atom is -0.442 e. The number of rotatable bonds is 7. The van der Waals surface area contributed by atoms with Crippen molar-refractivity contribution in [3.05, 3.63) is 53.7 Å². The van der Waals surface area contributed by atoms with Gasteiger partial charge in [-0.2, -0.15) is 0 Å². The number of aryl methyl sites for hydroxylation is 1. The summed E-state index contributed by atoms with van der Waals surface area (Å²) in [6, 6.07) is 12.1. The van der Waals surface area contributed by atoms with Gasteiger partial charge in [0, 0.05) is 15.8 Å². The summed E-state index contributed by atoms with van der Waals surface area (Å²) < 4.78 is 33.9. The molecule has 0 radical (unpaired) electrons. The molecule has 3 aromatic rings. The average Bonchev–Trinajstić information content (AvgIpc) is 3.27. The molecule has 0 aliphatic heterocycles. The van der Waals surface area contributed by atoms with Crippen LogP contribution in [0.25, 0.3) is 10.6 Å². The van der Waals surface area contributed by atoms with Gasteiger partial charge in [0.1, 0.15) is 5.76 Å². The first-order chi connectivity index (χ1) is 13.3. The molecule has 0 saturated heterocycles. The van der Waals surface area contributed by atoms with Crippen molar-refractivity contribution in [2.75, 3.05) is 5.32 Å². The van der Waals surface area contributed by atoms with Gasteiger partial charge in [0.25, 0.3) is 10.0 Å². The molecule has 0 bridgehead atoms. The van der Waals surface area contributed by atoms with Gasteiger partial charge in [-0.15, -0.1) is 0 Å². The lowest BCUT2D eigenvalue weighted by Gasteiger charge is -2.16. The molecular weight excluding hydrogens is 398 g/mol. The predicted octanol–water partition coefficient (Wildman–Crippen LogP) is 4.59. The summed E-state index contributed by atoms with van der Waals surface area (Å²) in [6.07, 6.45) is 0.602. The van der Waals surface area contributed by atoms with E-state index in [1.807, 2.05) is 37.3 Å². The number of hydrogen-bond donors (Lipinski definition) is 2. The van der Waals surface area contributed by atoms with Crippen LogP contribution in [0.15, 0.2) is 52.0 Å². The van der Waals surface area contributed by atoms with E-state index in [1.54, 1.807) is 13.0 Å². The summed E-state index contributed by atoms with van der Waals surface area (Å²) in [5, 5.41) is 2.90. The molecule has 1 atom stereocenters. The van der Waals surface area contributed by atoms with Gasteiger partial charge in [-0.25, -0.2) is 18.1 Å². The Balaban J connectivity index is 0.00000225. The predicted molar refractivity (Wildman–Crippen MR) is 113 cm³/mol. The lowest BCUT2D eigenvalue weighted by molar-refractivity contribution is -0.114. The number of aromatic nitrogens is 1. The highest BCUT2D eigenvalue weighted by Crippen LogP contribution is 2.35. The summed E-state index contributed by atoms with van der Waals surface area (Å²) in [5.41, 5.74) is 1.54. The van der Waals surface area contributed by atoms with Crippen molar-refractivity contribution in [1.82, 2.24) is 9.71 Å². The number of carbonyl (C=O) groups is 1. The van der Waals surface area contributed by atoms with Gasteiger partial charge in [-0.1, -0.05) is 48.6 Å². The van der Waals surface area contributed by atoms with E-state index >= 15 is 0 Å². The fraction of sp³-hybridized carbons (Fsp3) is 0.263. The topological polar surface area (TPSA) is 101 Å². The molecule has 1 amide bonds. The van der Waals surface area contributed by atoms with Crippen LogP contribution >= 0.6 is 11.3 Å². The Bertz CT molecular complexity index is 1080. The van der Waals surface area contributed by atoms with Crippen LogP contribution in [0.2, 0.25) is 0 Å². The van der Waals surface area contributed by atoms with E-state index in [4.69, 9.17) is 4.42 Å². The third-order valence-corrected chi connectivity index (χ3v) is 6.49. The quantitative estimate of drug-likeness (QED) is 0.579. The van der Waals surface area contributed by atoms with Crippen molar-refractivity contribution < 1.29 is 20.5 Å². The summed E-state index contributed by atoms with van der Waals surface area (Å²) in [4.78, 5) is 16.1. The molecule has 0 aliphatic carbocycles. The van der Waals surface area contributed by atoms with E-state index in [-0.39, 0.29) is 19.9 Å². The Hall–Kier alpha value is -2.49. The van der Waals surface area contributed by atoms with Crippen LogP contribution in [0, 0.1) is 6.92 Å². The Morgan fingerprint density at radius 3 is 2.61 bits per heavy atom. The maximum absolute atomic E-state index is 12.8. The van der Waals surface area contributed by atoms with E-state index in [9.17, 15) is 13.2 Å². The van der Waals surface area contributed by atoms with Crippen molar-refractivity contribution in [3.63, 3.8) is 0 Å². The summed E-state index contributed by atoms with van der Waals surface area (Å²) in [7, 11) is -3.83. The van der Waals surface area contributed by atoms with E-state index in [0.29, 0.717) is 27.9 Å². The number of nitrogens with one attached hydrogen (secondary N) is 2. The molecule has 0 aliphatic rings. The maximum atomic E-state index is 12.8. The summed E-state index contributed by atoms with van der Waals surface area (Å²) in [6.45, 7) is 5.09. The number of furan rings is 1. The van der Waals surface area contributed by atoms with E-state index in [1.165, 1.54) is 24.3 Å². The molecular formula is C19H25N3O4S2. The second kappa shape index (κ2) is 8.26. The van der Waals surface area contributed by atoms with Gasteiger partial charge in [-0.3, -0.25) is 4.79 Å². The van der Waals surface area contributed by atoms with Gasteiger partial charge < -0.3 is 9.73 Å². The van der Waals surface area contributed by atoms with Crippen molar-refractivity contribution in [3.8, 4) is 10.6 Å². The van der Waals surface area contributed by atoms with E-state index in [2.05, 4.69) is 15.0 Å². The largest absolute Gasteiger partial charge is 0.442 e. The zero-order valence-corrected chi connectivity index (χ0v) is 17.4. The van der Waals surface area contributed by atoms with Gasteiger partial charge in [0.15, 0.2) is 5.13 Å². The molecule has 28 heavy (non-hydrogen) atoms. The van der Waals surface area contributed by atoms with Gasteiger partial charge in [0.05, 0.1) is 10.6 Å². The Labute approximate surface area is 170 Å². The van der Waals surface area contributed by atoms with Gasteiger partial charge in [-0.05, 0) is 31.0 Å². The molecule has 2 aromatic heterocycles. The fourth-order valence-corrected chi connectivity index (χ4v) is 4.95. The van der Waals surface area contributed by atoms with Crippen LogP contribution in [0.1, 0.15) is 40.4 Å². The van der Waals surface area contributed by atoms with Crippen LogP contribution in [0.5, 0.6) is 0 Å². The standard InChI is InChI=1S/C19H21N3O4S2.2H2/c1-4-15(14-8-6-5-7-9-14)22-28(24,25)17-11-10-16(26-17)18-12(2)20-19(27-18)21-13(3)23;;/h5-11,15,22H,4H2,1-3H3,(H,20,21,23);2*1H/t15-;;/m1../s1. The first kappa shape index (κ1) is 20.2. The van der Waals surface area contributed by atoms with Crippen LogP contribution in [-0.4, -0.2) is 19.3 Å². The number of sulfonamides is 1. The smallest absolute Gasteiger partial charge is 0.274 e. The van der Waals surface area contributed by atoms with Crippen LogP contribution in [-0.2, 0) is 14.8 Å². The third kappa shape index (κ3) is 4.49. The highest BCUT2D eigenvalue weighted by atomic mass is 32.2. The number of benzene rings is 1. The second-order valence-corrected chi connectivity index (χ2v) is 8.87. The van der Waals surface area contributed by atoms with Crippen LogP contribution < -0.4 is 10.0 Å². The lowest BCUT2D eigenvalue weighted by Crippen LogP contribution is -2.28. The van der Waals surface area contributed by atoms with Crippen LogP contribution in [0.3, 0.4) is 0 Å². The summed E-state index contributed by atoms with van der Waals surface area (Å²) in [5.74, 6) is 0.165. The lowest BCUT2D eigenvalue weighted by atomic mass is 10.1. The Kier molecular flexibility index (Phi) is 5.97. The number of amides is 1. The molecule has 3 rings (SSSR count). The zero-order chi connectivity index (χ0) is 20.3. The number of thiazole rings is 1. The normalized spacial score (nSPS) is 12.7. The summed E-state index contributed by atoms with van der Waals surface area (Å²) >= 11 is 1.23. The molecule has 0 saturated carbocycles. The van der Waals surface area contributed by atoms with Crippen molar-refractivity contribution in [2.45, 2.75) is 38.3 Å². The molecule has 9 heteroatoms. The zero-order valence-electron chi connectivity index (χ0n) is 15.7. The highest BCUT2D eigenvalue weighted by Gasteiger charge is 2.25. The van der Waals surface area contributed by atoms with Crippen molar-refractivity contribution >= 4 is 32.4 Å². The van der Waals surface area contributed by atoms with E-state index in [0.717, 1.165) is 5.56 Å². The molecule has 0 spiro atoms. The molecule has 0 unspecified atom stereocenters. The number of carbonyl (C=O) groups excluding carboxylic acids is 1. The van der Waals surface area contributed by atoms with Crippen molar-refractivity contribution in [1.29, 1.82) is 0 Å².